The Morgan fingerprint density at radius 2 is 1.85 bits per heavy atom. The Labute approximate surface area is 120 Å². The van der Waals surface area contributed by atoms with E-state index in [1.807, 2.05) is 12.1 Å². The summed E-state index contributed by atoms with van der Waals surface area (Å²) in [6.07, 6.45) is 8.07. The largest absolute Gasteiger partial charge is 0.506 e. The van der Waals surface area contributed by atoms with Crippen LogP contribution in [0.2, 0.25) is 0 Å². The predicted octanol–water partition coefficient (Wildman–Crippen LogP) is 3.83. The standard InChI is InChI=1S/C16H23N3O/c1-4-5-6-9-16(2,3)13-7-8-15(20)14(12-13)19-17-10-11-18-19/h7-8,10-12,20H,4-6,9H2,1-3H3. The van der Waals surface area contributed by atoms with Crippen molar-refractivity contribution in [1.29, 1.82) is 0 Å². The molecule has 0 aliphatic heterocycles. The van der Waals surface area contributed by atoms with E-state index >= 15 is 0 Å². The Hall–Kier alpha value is -1.84. The van der Waals surface area contributed by atoms with Gasteiger partial charge in [0.2, 0.25) is 0 Å². The monoisotopic (exact) mass is 273 g/mol. The maximum Gasteiger partial charge on any atom is 0.143 e. The van der Waals surface area contributed by atoms with E-state index in [1.54, 1.807) is 18.5 Å². The number of hydrogen-bond acceptors (Lipinski definition) is 3. The molecule has 20 heavy (non-hydrogen) atoms. The van der Waals surface area contributed by atoms with Crippen LogP contribution < -0.4 is 0 Å². The van der Waals surface area contributed by atoms with Crippen molar-refractivity contribution in [2.45, 2.75) is 51.9 Å². The Kier molecular flexibility index (Phi) is 4.42. The summed E-state index contributed by atoms with van der Waals surface area (Å²) in [5, 5.41) is 18.2. The van der Waals surface area contributed by atoms with Crippen molar-refractivity contribution in [3.05, 3.63) is 36.2 Å². The number of phenols is 1. The van der Waals surface area contributed by atoms with Crippen molar-refractivity contribution in [2.75, 3.05) is 0 Å². The third kappa shape index (κ3) is 3.18. The zero-order valence-electron chi connectivity index (χ0n) is 12.5. The lowest BCUT2D eigenvalue weighted by atomic mass is 9.80. The Bertz CT molecular complexity index is 547. The molecule has 0 bridgehead atoms. The molecule has 0 saturated carbocycles. The van der Waals surface area contributed by atoms with Crippen molar-refractivity contribution in [2.24, 2.45) is 0 Å². The predicted molar refractivity (Wildman–Crippen MR) is 80.2 cm³/mol. The highest BCUT2D eigenvalue weighted by molar-refractivity contribution is 5.48. The van der Waals surface area contributed by atoms with Crippen LogP contribution in [0, 0.1) is 0 Å². The van der Waals surface area contributed by atoms with E-state index in [4.69, 9.17) is 0 Å². The lowest BCUT2D eigenvalue weighted by molar-refractivity contribution is 0.444. The number of unbranched alkanes of at least 4 members (excludes halogenated alkanes) is 2. The zero-order chi connectivity index (χ0) is 14.6. The van der Waals surface area contributed by atoms with Gasteiger partial charge in [-0.25, -0.2) is 0 Å². The molecule has 1 heterocycles. The van der Waals surface area contributed by atoms with Gasteiger partial charge < -0.3 is 5.11 Å². The first-order valence-electron chi connectivity index (χ1n) is 7.25. The average Bonchev–Trinajstić information content (AvgIpc) is 2.93. The van der Waals surface area contributed by atoms with Gasteiger partial charge in [-0.2, -0.15) is 10.2 Å². The second-order valence-electron chi connectivity index (χ2n) is 5.86. The van der Waals surface area contributed by atoms with Crippen LogP contribution in [-0.2, 0) is 5.41 Å². The molecule has 0 radical (unpaired) electrons. The molecule has 1 aromatic carbocycles. The summed E-state index contributed by atoms with van der Waals surface area (Å²) in [7, 11) is 0. The van der Waals surface area contributed by atoms with Crippen LogP contribution in [0.25, 0.3) is 5.69 Å². The fraction of sp³-hybridized carbons (Fsp3) is 0.500. The number of hydrogen-bond donors (Lipinski definition) is 1. The van der Waals surface area contributed by atoms with Gasteiger partial charge in [-0.1, -0.05) is 46.1 Å². The van der Waals surface area contributed by atoms with Crippen LogP contribution in [0.3, 0.4) is 0 Å². The van der Waals surface area contributed by atoms with Crippen LogP contribution in [0.5, 0.6) is 5.75 Å². The summed E-state index contributed by atoms with van der Waals surface area (Å²) >= 11 is 0. The van der Waals surface area contributed by atoms with E-state index in [0.717, 1.165) is 6.42 Å². The molecule has 0 atom stereocenters. The number of benzene rings is 1. The molecule has 0 fully saturated rings. The average molecular weight is 273 g/mol. The van der Waals surface area contributed by atoms with Gasteiger partial charge >= 0.3 is 0 Å². The highest BCUT2D eigenvalue weighted by Crippen LogP contribution is 2.33. The van der Waals surface area contributed by atoms with E-state index in [1.165, 1.54) is 29.6 Å². The van der Waals surface area contributed by atoms with Crippen LogP contribution in [0.4, 0.5) is 0 Å². The van der Waals surface area contributed by atoms with Crippen molar-refractivity contribution in [3.63, 3.8) is 0 Å². The second-order valence-corrected chi connectivity index (χ2v) is 5.86. The van der Waals surface area contributed by atoms with Gasteiger partial charge in [0.1, 0.15) is 11.4 Å². The van der Waals surface area contributed by atoms with Crippen LogP contribution >= 0.6 is 0 Å². The van der Waals surface area contributed by atoms with Gasteiger partial charge in [-0.15, -0.1) is 4.80 Å². The minimum Gasteiger partial charge on any atom is -0.506 e. The molecule has 1 aromatic heterocycles. The number of phenolic OH excluding ortho intramolecular Hbond substituents is 1. The fourth-order valence-electron chi connectivity index (χ4n) is 2.41. The summed E-state index contributed by atoms with van der Waals surface area (Å²) in [6, 6.07) is 5.71. The molecule has 1 N–H and O–H groups in total. The normalized spacial score (nSPS) is 11.8. The van der Waals surface area contributed by atoms with E-state index in [0.29, 0.717) is 5.69 Å². The minimum absolute atomic E-state index is 0.0881. The Morgan fingerprint density at radius 1 is 1.15 bits per heavy atom. The van der Waals surface area contributed by atoms with Crippen molar-refractivity contribution >= 4 is 0 Å². The topological polar surface area (TPSA) is 50.9 Å². The molecular formula is C16H23N3O. The van der Waals surface area contributed by atoms with Crippen molar-refractivity contribution < 1.29 is 5.11 Å². The SMILES string of the molecule is CCCCCC(C)(C)c1ccc(O)c(-n2nccn2)c1. The molecule has 0 amide bonds. The molecule has 4 nitrogen and oxygen atoms in total. The number of rotatable bonds is 6. The molecule has 0 unspecified atom stereocenters. The summed E-state index contributed by atoms with van der Waals surface area (Å²) < 4.78 is 0. The maximum atomic E-state index is 9.99. The Morgan fingerprint density at radius 3 is 2.50 bits per heavy atom. The van der Waals surface area contributed by atoms with E-state index in [2.05, 4.69) is 31.0 Å². The van der Waals surface area contributed by atoms with Crippen molar-refractivity contribution in [1.82, 2.24) is 15.0 Å². The summed E-state index contributed by atoms with van der Waals surface area (Å²) in [6.45, 7) is 6.71. The molecule has 0 saturated heterocycles. The lowest BCUT2D eigenvalue weighted by Gasteiger charge is -2.26. The van der Waals surface area contributed by atoms with Gasteiger partial charge in [0.15, 0.2) is 0 Å². The van der Waals surface area contributed by atoms with Gasteiger partial charge in [0.05, 0.1) is 12.4 Å². The fourth-order valence-corrected chi connectivity index (χ4v) is 2.41. The van der Waals surface area contributed by atoms with E-state index in [9.17, 15) is 5.11 Å². The third-order valence-corrected chi connectivity index (χ3v) is 3.80. The van der Waals surface area contributed by atoms with Crippen molar-refractivity contribution in [3.8, 4) is 11.4 Å². The number of aromatic hydroxyl groups is 1. The first kappa shape index (κ1) is 14.6. The molecule has 0 spiro atoms. The Balaban J connectivity index is 2.27. The summed E-state index contributed by atoms with van der Waals surface area (Å²) in [4.78, 5) is 1.46. The number of nitrogens with zero attached hydrogens (tertiary/aromatic N) is 3. The summed E-state index contributed by atoms with van der Waals surface area (Å²) in [5.41, 5.74) is 1.93. The molecular weight excluding hydrogens is 250 g/mol. The molecule has 4 heteroatoms. The smallest absolute Gasteiger partial charge is 0.143 e. The van der Waals surface area contributed by atoms with Crippen LogP contribution in [-0.4, -0.2) is 20.1 Å². The minimum atomic E-state index is 0.0881. The molecule has 0 aliphatic carbocycles. The first-order valence-corrected chi connectivity index (χ1v) is 7.25. The lowest BCUT2D eigenvalue weighted by Crippen LogP contribution is -2.17. The number of aromatic nitrogens is 3. The van der Waals surface area contributed by atoms with E-state index in [-0.39, 0.29) is 11.2 Å². The van der Waals surface area contributed by atoms with E-state index < -0.39 is 0 Å². The van der Waals surface area contributed by atoms with Gasteiger partial charge in [-0.3, -0.25) is 0 Å². The summed E-state index contributed by atoms with van der Waals surface area (Å²) in [5.74, 6) is 0.203. The van der Waals surface area contributed by atoms with Crippen LogP contribution in [0.15, 0.2) is 30.6 Å². The third-order valence-electron chi connectivity index (χ3n) is 3.80. The maximum absolute atomic E-state index is 9.99. The van der Waals surface area contributed by atoms with Gasteiger partial charge in [0, 0.05) is 0 Å². The highest BCUT2D eigenvalue weighted by atomic mass is 16.3. The zero-order valence-corrected chi connectivity index (χ0v) is 12.5. The molecule has 108 valence electrons. The second kappa shape index (κ2) is 6.07. The molecule has 0 aliphatic rings. The van der Waals surface area contributed by atoms with Gasteiger partial charge in [0.25, 0.3) is 0 Å². The highest BCUT2D eigenvalue weighted by Gasteiger charge is 2.21. The molecule has 2 aromatic rings. The van der Waals surface area contributed by atoms with Gasteiger partial charge in [-0.05, 0) is 29.5 Å². The molecule has 2 rings (SSSR count). The first-order chi connectivity index (χ1) is 9.54. The quantitative estimate of drug-likeness (QED) is 0.814. The van der Waals surface area contributed by atoms with Crippen LogP contribution in [0.1, 0.15) is 52.0 Å².